The van der Waals surface area contributed by atoms with E-state index in [9.17, 15) is 14.4 Å². The molecule has 5 nitrogen and oxygen atoms in total. The van der Waals surface area contributed by atoms with Crippen molar-refractivity contribution in [3.8, 4) is 0 Å². The van der Waals surface area contributed by atoms with Gasteiger partial charge in [0.15, 0.2) is 0 Å². The number of unbranched alkanes of at least 4 members (excludes halogenated alkanes) is 1. The highest BCUT2D eigenvalue weighted by molar-refractivity contribution is 5.72. The molecule has 0 spiro atoms. The molecule has 5 heteroatoms. The van der Waals surface area contributed by atoms with E-state index in [4.69, 9.17) is 9.84 Å². The van der Waals surface area contributed by atoms with E-state index in [1.54, 1.807) is 0 Å². The number of rotatable bonds is 10. The number of carbonyl (C=O) groups is 3. The first kappa shape index (κ1) is 15.6. The molecule has 0 fully saturated rings. The number of aliphatic carboxylic acids is 1. The van der Waals surface area contributed by atoms with Crippen LogP contribution in [0.5, 0.6) is 0 Å². The lowest BCUT2D eigenvalue weighted by Gasteiger charge is -2.09. The predicted octanol–water partition coefficient (Wildman–Crippen LogP) is 1.79. The van der Waals surface area contributed by atoms with Crippen molar-refractivity contribution in [3.05, 3.63) is 0 Å². The van der Waals surface area contributed by atoms with Gasteiger partial charge in [-0.3, -0.25) is 9.59 Å². The minimum absolute atomic E-state index is 0.121. The van der Waals surface area contributed by atoms with Crippen molar-refractivity contribution in [1.82, 2.24) is 0 Å². The third kappa shape index (κ3) is 8.42. The minimum atomic E-state index is -0.768. The molecule has 0 rings (SSSR count). The zero-order chi connectivity index (χ0) is 13.1. The summed E-state index contributed by atoms with van der Waals surface area (Å²) in [4.78, 5) is 31.7. The van der Waals surface area contributed by atoms with Crippen molar-refractivity contribution in [2.45, 2.75) is 45.4 Å². The van der Waals surface area contributed by atoms with Gasteiger partial charge in [0.1, 0.15) is 6.29 Å². The van der Waals surface area contributed by atoms with Gasteiger partial charge in [-0.15, -0.1) is 0 Å². The molecule has 1 unspecified atom stereocenters. The first-order chi connectivity index (χ1) is 8.11. The first-order valence-electron chi connectivity index (χ1n) is 5.93. The zero-order valence-corrected chi connectivity index (χ0v) is 10.2. The van der Waals surface area contributed by atoms with Crippen molar-refractivity contribution in [2.24, 2.45) is 5.92 Å². The Kier molecular flexibility index (Phi) is 9.01. The Labute approximate surface area is 101 Å². The van der Waals surface area contributed by atoms with Gasteiger partial charge in [-0.2, -0.15) is 0 Å². The first-order valence-corrected chi connectivity index (χ1v) is 5.93. The molecule has 0 aliphatic carbocycles. The summed E-state index contributed by atoms with van der Waals surface area (Å²) in [5, 5.41) is 8.80. The van der Waals surface area contributed by atoms with E-state index in [2.05, 4.69) is 0 Å². The Bertz CT molecular complexity index is 249. The fourth-order valence-electron chi connectivity index (χ4n) is 1.43. The highest BCUT2D eigenvalue weighted by Crippen LogP contribution is 2.12. The quantitative estimate of drug-likeness (QED) is 0.360. The Morgan fingerprint density at radius 2 is 2.06 bits per heavy atom. The van der Waals surface area contributed by atoms with E-state index in [1.165, 1.54) is 0 Å². The summed E-state index contributed by atoms with van der Waals surface area (Å²) in [5.74, 6) is -1.45. The molecule has 0 amide bonds. The van der Waals surface area contributed by atoms with E-state index in [-0.39, 0.29) is 24.7 Å². The third-order valence-corrected chi connectivity index (χ3v) is 2.52. The van der Waals surface area contributed by atoms with Crippen LogP contribution in [-0.4, -0.2) is 29.9 Å². The molecule has 0 aromatic carbocycles. The van der Waals surface area contributed by atoms with Crippen LogP contribution in [0.25, 0.3) is 0 Å². The van der Waals surface area contributed by atoms with Gasteiger partial charge >= 0.3 is 11.9 Å². The summed E-state index contributed by atoms with van der Waals surface area (Å²) in [6, 6.07) is 0. The minimum Gasteiger partial charge on any atom is -0.481 e. The average Bonchev–Trinajstić information content (AvgIpc) is 2.30. The van der Waals surface area contributed by atoms with Crippen LogP contribution in [0.15, 0.2) is 0 Å². The molecule has 98 valence electrons. The van der Waals surface area contributed by atoms with Crippen LogP contribution in [0, 0.1) is 5.92 Å². The second-order valence-electron chi connectivity index (χ2n) is 3.87. The van der Waals surface area contributed by atoms with Gasteiger partial charge in [-0.25, -0.2) is 0 Å². The highest BCUT2D eigenvalue weighted by Gasteiger charge is 2.13. The van der Waals surface area contributed by atoms with Gasteiger partial charge in [0.05, 0.1) is 18.9 Å². The van der Waals surface area contributed by atoms with E-state index in [1.807, 2.05) is 6.92 Å². The monoisotopic (exact) mass is 244 g/mol. The van der Waals surface area contributed by atoms with Crippen LogP contribution in [0.2, 0.25) is 0 Å². The van der Waals surface area contributed by atoms with Gasteiger partial charge in [-0.05, 0) is 25.7 Å². The van der Waals surface area contributed by atoms with Gasteiger partial charge in [0.25, 0.3) is 0 Å². The lowest BCUT2D eigenvalue weighted by atomic mass is 10.00. The lowest BCUT2D eigenvalue weighted by molar-refractivity contribution is -0.145. The van der Waals surface area contributed by atoms with Crippen molar-refractivity contribution in [3.63, 3.8) is 0 Å². The molecule has 0 radical (unpaired) electrons. The highest BCUT2D eigenvalue weighted by atomic mass is 16.5. The summed E-state index contributed by atoms with van der Waals surface area (Å²) < 4.78 is 4.87. The maximum atomic E-state index is 11.0. The average molecular weight is 244 g/mol. The largest absolute Gasteiger partial charge is 0.481 e. The second kappa shape index (κ2) is 9.81. The molecule has 0 saturated heterocycles. The number of esters is 1. The fourth-order valence-corrected chi connectivity index (χ4v) is 1.43. The van der Waals surface area contributed by atoms with Gasteiger partial charge in [0.2, 0.25) is 0 Å². The standard InChI is InChI=1S/C12H20O5/c1-2-10(12(15)16)6-3-4-9-17-11(14)7-5-8-13/h8,10H,2-7,9H2,1H3,(H,15,16). The van der Waals surface area contributed by atoms with Crippen molar-refractivity contribution in [1.29, 1.82) is 0 Å². The smallest absolute Gasteiger partial charge is 0.306 e. The molecular formula is C12H20O5. The van der Waals surface area contributed by atoms with Crippen LogP contribution in [-0.2, 0) is 19.1 Å². The summed E-state index contributed by atoms with van der Waals surface area (Å²) in [6.07, 6.45) is 3.61. The van der Waals surface area contributed by atoms with Gasteiger partial charge in [0, 0.05) is 6.42 Å². The number of carboxylic acids is 1. The van der Waals surface area contributed by atoms with Crippen molar-refractivity contribution in [2.75, 3.05) is 6.61 Å². The number of aldehydes is 1. The fraction of sp³-hybridized carbons (Fsp3) is 0.750. The van der Waals surface area contributed by atoms with E-state index >= 15 is 0 Å². The maximum absolute atomic E-state index is 11.0. The Hall–Kier alpha value is -1.39. The van der Waals surface area contributed by atoms with Crippen molar-refractivity contribution >= 4 is 18.2 Å². The Morgan fingerprint density at radius 1 is 1.35 bits per heavy atom. The van der Waals surface area contributed by atoms with Crippen molar-refractivity contribution < 1.29 is 24.2 Å². The number of hydrogen-bond donors (Lipinski definition) is 1. The molecule has 0 bridgehead atoms. The molecule has 0 aliphatic heterocycles. The number of carbonyl (C=O) groups excluding carboxylic acids is 2. The third-order valence-electron chi connectivity index (χ3n) is 2.52. The molecule has 0 heterocycles. The molecule has 0 aromatic rings. The lowest BCUT2D eigenvalue weighted by Crippen LogP contribution is -2.13. The van der Waals surface area contributed by atoms with Crippen LogP contribution < -0.4 is 0 Å². The van der Waals surface area contributed by atoms with Gasteiger partial charge < -0.3 is 14.6 Å². The SMILES string of the molecule is CCC(CCCCOC(=O)CCC=O)C(=O)O. The van der Waals surface area contributed by atoms with Crippen LogP contribution in [0.3, 0.4) is 0 Å². The molecule has 17 heavy (non-hydrogen) atoms. The van der Waals surface area contributed by atoms with E-state index in [0.717, 1.165) is 6.42 Å². The topological polar surface area (TPSA) is 80.7 Å². The molecule has 1 N–H and O–H groups in total. The summed E-state index contributed by atoms with van der Waals surface area (Å²) in [6.45, 7) is 2.14. The molecule has 0 aliphatic rings. The summed E-state index contributed by atoms with van der Waals surface area (Å²) >= 11 is 0. The molecular weight excluding hydrogens is 224 g/mol. The number of hydrogen-bond acceptors (Lipinski definition) is 4. The van der Waals surface area contributed by atoms with Crippen LogP contribution in [0.1, 0.15) is 45.4 Å². The van der Waals surface area contributed by atoms with E-state index < -0.39 is 5.97 Å². The summed E-state index contributed by atoms with van der Waals surface area (Å²) in [7, 11) is 0. The summed E-state index contributed by atoms with van der Waals surface area (Å²) in [5.41, 5.74) is 0. The van der Waals surface area contributed by atoms with E-state index in [0.29, 0.717) is 32.2 Å². The Balaban J connectivity index is 3.48. The predicted molar refractivity (Wildman–Crippen MR) is 61.5 cm³/mol. The maximum Gasteiger partial charge on any atom is 0.306 e. The molecule has 1 atom stereocenters. The second-order valence-corrected chi connectivity index (χ2v) is 3.87. The molecule has 0 aromatic heterocycles. The van der Waals surface area contributed by atoms with Crippen LogP contribution in [0.4, 0.5) is 0 Å². The van der Waals surface area contributed by atoms with Crippen LogP contribution >= 0.6 is 0 Å². The number of carboxylic acid groups (broad SMARTS) is 1. The Morgan fingerprint density at radius 3 is 2.59 bits per heavy atom. The van der Waals surface area contributed by atoms with Gasteiger partial charge in [-0.1, -0.05) is 6.92 Å². The molecule has 0 saturated carbocycles. The number of ether oxygens (including phenoxy) is 1. The normalized spacial score (nSPS) is 11.8. The zero-order valence-electron chi connectivity index (χ0n) is 10.2.